The zero-order valence-corrected chi connectivity index (χ0v) is 13.9. The van der Waals surface area contributed by atoms with E-state index in [0.29, 0.717) is 23.4 Å². The number of aliphatic hydroxyl groups is 1. The van der Waals surface area contributed by atoms with Crippen molar-refractivity contribution in [2.45, 2.75) is 36.2 Å². The molecule has 0 radical (unpaired) electrons. The number of aliphatic hydroxyl groups excluding tert-OH is 1. The molecule has 1 aromatic heterocycles. The molecule has 1 unspecified atom stereocenters. The highest BCUT2D eigenvalue weighted by atomic mass is 32.2. The van der Waals surface area contributed by atoms with Crippen LogP contribution in [0, 0.1) is 0 Å². The molecule has 1 aliphatic heterocycles. The van der Waals surface area contributed by atoms with Crippen LogP contribution in [0.25, 0.3) is 0 Å². The lowest BCUT2D eigenvalue weighted by atomic mass is 9.91. The maximum atomic E-state index is 12.4. The van der Waals surface area contributed by atoms with E-state index in [9.17, 15) is 13.5 Å². The number of hydrogen-bond donors (Lipinski definition) is 2. The minimum Gasteiger partial charge on any atom is -0.485 e. The van der Waals surface area contributed by atoms with Crippen molar-refractivity contribution in [3.8, 4) is 5.75 Å². The Morgan fingerprint density at radius 1 is 1.32 bits per heavy atom. The molecule has 118 valence electrons. The second kappa shape index (κ2) is 5.26. The zero-order valence-electron chi connectivity index (χ0n) is 12.2. The normalized spacial score (nSPS) is 20.0. The summed E-state index contributed by atoms with van der Waals surface area (Å²) in [4.78, 5) is 0. The molecule has 2 heterocycles. The first-order chi connectivity index (χ1) is 10.3. The lowest BCUT2D eigenvalue weighted by Crippen LogP contribution is -2.35. The van der Waals surface area contributed by atoms with E-state index in [1.165, 1.54) is 0 Å². The van der Waals surface area contributed by atoms with Gasteiger partial charge in [0.25, 0.3) is 10.0 Å². The molecule has 2 N–H and O–H groups in total. The number of ether oxygens (including phenoxy) is 1. The van der Waals surface area contributed by atoms with Gasteiger partial charge in [-0.05, 0) is 31.4 Å². The van der Waals surface area contributed by atoms with Crippen LogP contribution in [0.2, 0.25) is 0 Å². The SMILES string of the molecule is CC1(C)CC(O)c2cccc(NS(=O)(=O)c3cccs3)c2O1. The van der Waals surface area contributed by atoms with Crippen LogP contribution in [0.3, 0.4) is 0 Å². The number of para-hydroxylation sites is 1. The first kappa shape index (κ1) is 15.3. The lowest BCUT2D eigenvalue weighted by molar-refractivity contribution is 0.0122. The first-order valence-electron chi connectivity index (χ1n) is 6.85. The summed E-state index contributed by atoms with van der Waals surface area (Å²) in [6.07, 6.45) is -0.217. The Balaban J connectivity index is 2.02. The van der Waals surface area contributed by atoms with E-state index in [0.717, 1.165) is 11.3 Å². The molecule has 0 amide bonds. The highest BCUT2D eigenvalue weighted by Gasteiger charge is 2.34. The molecule has 0 saturated heterocycles. The predicted molar refractivity (Wildman–Crippen MR) is 85.9 cm³/mol. The number of thiophene rings is 1. The van der Waals surface area contributed by atoms with Gasteiger partial charge in [-0.1, -0.05) is 18.2 Å². The molecular weight excluding hydrogens is 322 g/mol. The van der Waals surface area contributed by atoms with Crippen molar-refractivity contribution >= 4 is 27.0 Å². The Morgan fingerprint density at radius 2 is 2.09 bits per heavy atom. The number of anilines is 1. The summed E-state index contributed by atoms with van der Waals surface area (Å²) >= 11 is 1.15. The second-order valence-electron chi connectivity index (χ2n) is 5.84. The molecule has 0 saturated carbocycles. The van der Waals surface area contributed by atoms with Gasteiger partial charge in [-0.2, -0.15) is 0 Å². The third kappa shape index (κ3) is 2.84. The molecule has 0 aliphatic carbocycles. The minimum absolute atomic E-state index is 0.237. The molecule has 1 aromatic carbocycles. The van der Waals surface area contributed by atoms with Crippen LogP contribution < -0.4 is 9.46 Å². The van der Waals surface area contributed by atoms with E-state index in [1.807, 2.05) is 13.8 Å². The third-order valence-corrected chi connectivity index (χ3v) is 6.23. The van der Waals surface area contributed by atoms with Crippen molar-refractivity contribution in [1.29, 1.82) is 0 Å². The maximum Gasteiger partial charge on any atom is 0.271 e. The maximum absolute atomic E-state index is 12.4. The summed E-state index contributed by atoms with van der Waals surface area (Å²) in [6, 6.07) is 8.32. The van der Waals surface area contributed by atoms with Crippen LogP contribution in [0.1, 0.15) is 31.9 Å². The highest BCUT2D eigenvalue weighted by Crippen LogP contribution is 2.44. The molecule has 1 aliphatic rings. The topological polar surface area (TPSA) is 75.6 Å². The number of hydrogen-bond acceptors (Lipinski definition) is 5. The summed E-state index contributed by atoms with van der Waals surface area (Å²) in [5.74, 6) is 0.395. The Morgan fingerprint density at radius 3 is 2.77 bits per heavy atom. The van der Waals surface area contributed by atoms with Crippen LogP contribution in [0.15, 0.2) is 39.9 Å². The van der Waals surface area contributed by atoms with Crippen LogP contribution in [-0.4, -0.2) is 19.1 Å². The van der Waals surface area contributed by atoms with Crippen LogP contribution in [0.4, 0.5) is 5.69 Å². The van der Waals surface area contributed by atoms with Gasteiger partial charge < -0.3 is 9.84 Å². The van der Waals surface area contributed by atoms with Gasteiger partial charge in [0, 0.05) is 12.0 Å². The average molecular weight is 339 g/mol. The number of benzene rings is 1. The van der Waals surface area contributed by atoms with Crippen molar-refractivity contribution in [2.75, 3.05) is 4.72 Å². The largest absolute Gasteiger partial charge is 0.485 e. The fourth-order valence-corrected chi connectivity index (χ4v) is 4.57. The molecule has 5 nitrogen and oxygen atoms in total. The number of nitrogens with one attached hydrogen (secondary N) is 1. The van der Waals surface area contributed by atoms with Gasteiger partial charge in [0.1, 0.15) is 15.6 Å². The van der Waals surface area contributed by atoms with Gasteiger partial charge in [-0.3, -0.25) is 4.72 Å². The second-order valence-corrected chi connectivity index (χ2v) is 8.70. The lowest BCUT2D eigenvalue weighted by Gasteiger charge is -2.36. The Kier molecular flexibility index (Phi) is 3.66. The summed E-state index contributed by atoms with van der Waals surface area (Å²) in [6.45, 7) is 3.73. The standard InChI is InChI=1S/C15H17NO4S2/c1-15(2)9-12(17)10-5-3-6-11(14(10)20-15)16-22(18,19)13-7-4-8-21-13/h3-8,12,16-17H,9H2,1-2H3. The van der Waals surface area contributed by atoms with Gasteiger partial charge in [0.2, 0.25) is 0 Å². The van der Waals surface area contributed by atoms with E-state index in [4.69, 9.17) is 4.74 Å². The zero-order chi connectivity index (χ0) is 16.0. The van der Waals surface area contributed by atoms with Crippen molar-refractivity contribution in [3.63, 3.8) is 0 Å². The van der Waals surface area contributed by atoms with Gasteiger partial charge in [0.15, 0.2) is 0 Å². The van der Waals surface area contributed by atoms with E-state index >= 15 is 0 Å². The monoisotopic (exact) mass is 339 g/mol. The van der Waals surface area contributed by atoms with Gasteiger partial charge in [-0.25, -0.2) is 8.42 Å². The molecule has 0 fully saturated rings. The highest BCUT2D eigenvalue weighted by molar-refractivity contribution is 7.94. The minimum atomic E-state index is -3.65. The van der Waals surface area contributed by atoms with E-state index in [-0.39, 0.29) is 4.21 Å². The van der Waals surface area contributed by atoms with Crippen LogP contribution in [-0.2, 0) is 10.0 Å². The molecule has 3 rings (SSSR count). The van der Waals surface area contributed by atoms with Gasteiger partial charge >= 0.3 is 0 Å². The molecule has 2 aromatic rings. The van der Waals surface area contributed by atoms with Gasteiger partial charge in [0.05, 0.1) is 11.8 Å². The summed E-state index contributed by atoms with van der Waals surface area (Å²) < 4.78 is 33.4. The van der Waals surface area contributed by atoms with E-state index in [2.05, 4.69) is 4.72 Å². The number of rotatable bonds is 3. The third-order valence-electron chi connectivity index (χ3n) is 3.47. The summed E-state index contributed by atoms with van der Waals surface area (Å²) in [5, 5.41) is 12.0. The van der Waals surface area contributed by atoms with Crippen LogP contribution in [0.5, 0.6) is 5.75 Å². The predicted octanol–water partition coefficient (Wildman–Crippen LogP) is 3.14. The number of sulfonamides is 1. The van der Waals surface area contributed by atoms with Crippen molar-refractivity contribution in [1.82, 2.24) is 0 Å². The fourth-order valence-electron chi connectivity index (χ4n) is 2.52. The average Bonchev–Trinajstić information content (AvgIpc) is 2.93. The van der Waals surface area contributed by atoms with E-state index < -0.39 is 21.7 Å². The molecule has 0 bridgehead atoms. The first-order valence-corrected chi connectivity index (χ1v) is 9.21. The van der Waals surface area contributed by atoms with Crippen LogP contribution >= 0.6 is 11.3 Å². The van der Waals surface area contributed by atoms with Crippen molar-refractivity contribution in [3.05, 3.63) is 41.3 Å². The van der Waals surface area contributed by atoms with Gasteiger partial charge in [-0.15, -0.1) is 11.3 Å². The Hall–Kier alpha value is -1.57. The molecule has 1 atom stereocenters. The molecule has 22 heavy (non-hydrogen) atoms. The molecule has 7 heteroatoms. The Bertz CT molecular complexity index is 782. The summed E-state index contributed by atoms with van der Waals surface area (Å²) in [7, 11) is -3.65. The van der Waals surface area contributed by atoms with Crippen molar-refractivity contribution < 1.29 is 18.3 Å². The Labute approximate surface area is 133 Å². The molecule has 0 spiro atoms. The fraction of sp³-hybridized carbons (Fsp3) is 0.333. The number of fused-ring (bicyclic) bond motifs is 1. The quantitative estimate of drug-likeness (QED) is 0.901. The smallest absolute Gasteiger partial charge is 0.271 e. The molecular formula is C15H17NO4S2. The van der Waals surface area contributed by atoms with Crippen molar-refractivity contribution in [2.24, 2.45) is 0 Å². The van der Waals surface area contributed by atoms with E-state index in [1.54, 1.807) is 35.7 Å². The summed E-state index contributed by atoms with van der Waals surface area (Å²) in [5.41, 5.74) is 0.389.